The van der Waals surface area contributed by atoms with Crippen molar-refractivity contribution in [3.8, 4) is 0 Å². The summed E-state index contributed by atoms with van der Waals surface area (Å²) < 4.78 is 55.8. The summed E-state index contributed by atoms with van der Waals surface area (Å²) in [6.07, 6.45) is -1.52. The normalized spacial score (nSPS) is 19.6. The molecule has 146 valence electrons. The van der Waals surface area contributed by atoms with E-state index in [1.165, 1.54) is 22.9 Å². The molecule has 3 heterocycles. The van der Waals surface area contributed by atoms with Crippen LogP contribution in [0, 0.1) is 5.82 Å². The lowest BCUT2D eigenvalue weighted by Gasteiger charge is -2.33. The molecule has 4 rings (SSSR count). The van der Waals surface area contributed by atoms with Crippen LogP contribution in [0.3, 0.4) is 0 Å². The van der Waals surface area contributed by atoms with Gasteiger partial charge >= 0.3 is 6.18 Å². The average Bonchev–Trinajstić information content (AvgIpc) is 3.04. The number of aromatic nitrogens is 2. The summed E-state index contributed by atoms with van der Waals surface area (Å²) in [4.78, 5) is 9.03. The van der Waals surface area contributed by atoms with Crippen LogP contribution in [0.5, 0.6) is 0 Å². The van der Waals surface area contributed by atoms with E-state index in [0.29, 0.717) is 28.8 Å². The molecule has 0 spiro atoms. The van der Waals surface area contributed by atoms with Gasteiger partial charge < -0.3 is 4.57 Å². The second-order valence-electron chi connectivity index (χ2n) is 7.43. The van der Waals surface area contributed by atoms with Gasteiger partial charge in [0.25, 0.3) is 0 Å². The molecule has 1 aliphatic rings. The van der Waals surface area contributed by atoms with Gasteiger partial charge in [-0.05, 0) is 37.6 Å². The first-order valence-corrected chi connectivity index (χ1v) is 9.13. The topological polar surface area (TPSA) is 30.2 Å². The van der Waals surface area contributed by atoms with Crippen LogP contribution in [0.1, 0.15) is 43.6 Å². The fourth-order valence-corrected chi connectivity index (χ4v) is 3.93. The number of alkyl halides is 3. The summed E-state index contributed by atoms with van der Waals surface area (Å²) in [6, 6.07) is 8.90. The van der Waals surface area contributed by atoms with Crippen molar-refractivity contribution in [3.63, 3.8) is 0 Å². The van der Waals surface area contributed by atoms with Crippen LogP contribution in [0.15, 0.2) is 47.6 Å². The number of fused-ring (bicyclic) bond motifs is 2. The summed E-state index contributed by atoms with van der Waals surface area (Å²) >= 11 is 0. The number of pyridine rings is 1. The smallest absolute Gasteiger partial charge is 0.333 e. The van der Waals surface area contributed by atoms with Gasteiger partial charge in [-0.2, -0.15) is 13.2 Å². The Bertz CT molecular complexity index is 1080. The van der Waals surface area contributed by atoms with Crippen LogP contribution < -0.4 is 0 Å². The van der Waals surface area contributed by atoms with Crippen molar-refractivity contribution in [1.29, 1.82) is 0 Å². The van der Waals surface area contributed by atoms with Gasteiger partial charge in [-0.25, -0.2) is 4.39 Å². The molecule has 28 heavy (non-hydrogen) atoms. The van der Waals surface area contributed by atoms with Crippen LogP contribution in [0.4, 0.5) is 17.6 Å². The van der Waals surface area contributed by atoms with Crippen LogP contribution >= 0.6 is 0 Å². The number of rotatable bonds is 3. The Morgan fingerprint density at radius 2 is 1.96 bits per heavy atom. The van der Waals surface area contributed by atoms with E-state index >= 15 is 0 Å². The van der Waals surface area contributed by atoms with Crippen LogP contribution in [0.25, 0.3) is 10.9 Å². The Labute approximate surface area is 159 Å². The summed E-state index contributed by atoms with van der Waals surface area (Å²) in [5, 5.41) is 0.581. The third kappa shape index (κ3) is 3.08. The van der Waals surface area contributed by atoms with E-state index in [1.807, 2.05) is 13.8 Å². The van der Waals surface area contributed by atoms with E-state index in [0.717, 1.165) is 12.5 Å². The zero-order valence-electron chi connectivity index (χ0n) is 15.5. The predicted molar refractivity (Wildman–Crippen MR) is 100 cm³/mol. The molecule has 0 bridgehead atoms. The molecule has 1 aliphatic heterocycles. The van der Waals surface area contributed by atoms with Gasteiger partial charge in [-0.15, -0.1) is 0 Å². The van der Waals surface area contributed by atoms with Crippen LogP contribution in [-0.2, 0) is 12.7 Å². The maximum Gasteiger partial charge on any atom is 0.431 e. The first kappa shape index (κ1) is 18.7. The third-order valence-corrected chi connectivity index (χ3v) is 5.12. The highest BCUT2D eigenvalue weighted by Crippen LogP contribution is 2.37. The van der Waals surface area contributed by atoms with Crippen molar-refractivity contribution in [1.82, 2.24) is 9.55 Å². The molecule has 2 aromatic heterocycles. The van der Waals surface area contributed by atoms with E-state index in [-0.39, 0.29) is 12.1 Å². The highest BCUT2D eigenvalue weighted by molar-refractivity contribution is 6.13. The maximum atomic E-state index is 13.9. The SMILES string of the molecule is CCCC1(C)Cn2c(ccc2C(F)(F)F)C(c2cnc3c(F)cccc3c2)=N1. The van der Waals surface area contributed by atoms with Crippen molar-refractivity contribution in [2.45, 2.75) is 44.9 Å². The first-order valence-electron chi connectivity index (χ1n) is 9.13. The Balaban J connectivity index is 1.92. The lowest BCUT2D eigenvalue weighted by atomic mass is 9.93. The van der Waals surface area contributed by atoms with Crippen LogP contribution in [0.2, 0.25) is 0 Å². The van der Waals surface area contributed by atoms with Crippen molar-refractivity contribution in [2.24, 2.45) is 4.99 Å². The molecule has 7 heteroatoms. The second kappa shape index (κ2) is 6.43. The molecule has 0 amide bonds. The number of hydrogen-bond acceptors (Lipinski definition) is 2. The molecule has 0 aliphatic carbocycles. The third-order valence-electron chi connectivity index (χ3n) is 5.12. The van der Waals surface area contributed by atoms with E-state index in [9.17, 15) is 17.6 Å². The molecular formula is C21H19F4N3. The minimum absolute atomic E-state index is 0.164. The standard InChI is InChI=1S/C21H19F4N3/c1-3-9-20(2)12-28-16(7-8-17(28)21(23,24)25)19(27-20)14-10-13-5-4-6-15(22)18(13)26-11-14/h4-8,10-11H,3,9,12H2,1-2H3. The predicted octanol–water partition coefficient (Wildman–Crippen LogP) is 5.60. The number of nitrogens with zero attached hydrogens (tertiary/aromatic N) is 3. The Morgan fingerprint density at radius 1 is 1.18 bits per heavy atom. The minimum Gasteiger partial charge on any atom is -0.333 e. The molecule has 0 N–H and O–H groups in total. The number of aliphatic imine (C=N–C) groups is 1. The second-order valence-corrected chi connectivity index (χ2v) is 7.43. The van der Waals surface area contributed by atoms with Gasteiger partial charge in [0.15, 0.2) is 0 Å². The van der Waals surface area contributed by atoms with Gasteiger partial charge in [0.2, 0.25) is 0 Å². The van der Waals surface area contributed by atoms with Crippen molar-refractivity contribution in [2.75, 3.05) is 0 Å². The number of benzene rings is 1. The fourth-order valence-electron chi connectivity index (χ4n) is 3.93. The van der Waals surface area contributed by atoms with E-state index in [4.69, 9.17) is 4.99 Å². The molecule has 1 atom stereocenters. The molecule has 1 aromatic carbocycles. The molecule has 1 unspecified atom stereocenters. The Kier molecular flexibility index (Phi) is 4.28. The van der Waals surface area contributed by atoms with E-state index in [2.05, 4.69) is 4.98 Å². The highest BCUT2D eigenvalue weighted by Gasteiger charge is 2.40. The first-order chi connectivity index (χ1) is 13.2. The molecule has 0 fully saturated rings. The molecule has 3 aromatic rings. The average molecular weight is 389 g/mol. The van der Waals surface area contributed by atoms with Crippen molar-refractivity contribution < 1.29 is 17.6 Å². The highest BCUT2D eigenvalue weighted by atomic mass is 19.4. The molecule has 0 radical (unpaired) electrons. The Hall–Kier alpha value is -2.70. The maximum absolute atomic E-state index is 13.9. The van der Waals surface area contributed by atoms with Gasteiger partial charge in [-0.1, -0.05) is 25.5 Å². The number of hydrogen-bond donors (Lipinski definition) is 0. The fraction of sp³-hybridized carbons (Fsp3) is 0.333. The summed E-state index contributed by atoms with van der Waals surface area (Å²) in [5.74, 6) is -0.437. The molecule has 3 nitrogen and oxygen atoms in total. The van der Waals surface area contributed by atoms with Gasteiger partial charge in [0.05, 0.1) is 16.9 Å². The molecule has 0 saturated carbocycles. The lowest BCUT2D eigenvalue weighted by Crippen LogP contribution is -2.37. The number of para-hydroxylation sites is 1. The quantitative estimate of drug-likeness (QED) is 0.536. The van der Waals surface area contributed by atoms with E-state index < -0.39 is 23.2 Å². The lowest BCUT2D eigenvalue weighted by molar-refractivity contribution is -0.143. The van der Waals surface area contributed by atoms with Crippen molar-refractivity contribution in [3.05, 3.63) is 65.4 Å². The minimum atomic E-state index is -4.45. The van der Waals surface area contributed by atoms with Crippen LogP contribution in [-0.4, -0.2) is 20.8 Å². The zero-order chi connectivity index (χ0) is 20.1. The largest absolute Gasteiger partial charge is 0.431 e. The van der Waals surface area contributed by atoms with Gasteiger partial charge in [-0.3, -0.25) is 9.98 Å². The van der Waals surface area contributed by atoms with Crippen molar-refractivity contribution >= 4 is 16.6 Å². The van der Waals surface area contributed by atoms with E-state index in [1.54, 1.807) is 18.2 Å². The zero-order valence-corrected chi connectivity index (χ0v) is 15.5. The van der Waals surface area contributed by atoms with Gasteiger partial charge in [0, 0.05) is 23.7 Å². The molecule has 0 saturated heterocycles. The summed E-state index contributed by atoms with van der Waals surface area (Å²) in [6.45, 7) is 4.02. The monoisotopic (exact) mass is 389 g/mol. The number of halogens is 4. The summed E-state index contributed by atoms with van der Waals surface area (Å²) in [7, 11) is 0. The molecular weight excluding hydrogens is 370 g/mol. The Morgan fingerprint density at radius 3 is 2.68 bits per heavy atom. The summed E-state index contributed by atoms with van der Waals surface area (Å²) in [5.41, 5.74) is 0.317. The van der Waals surface area contributed by atoms with Gasteiger partial charge in [0.1, 0.15) is 17.0 Å².